The highest BCUT2D eigenvalue weighted by Gasteiger charge is 2.18. The third-order valence-corrected chi connectivity index (χ3v) is 2.80. The van der Waals surface area contributed by atoms with Crippen LogP contribution in [0.5, 0.6) is 0 Å². The molecule has 0 fully saturated rings. The lowest BCUT2D eigenvalue weighted by Crippen LogP contribution is -2.36. The SMILES string of the molecule is CC(C)[C@@H](N[C@@H](C)CC(N)=O)c1ccccc1. The Morgan fingerprint density at radius 3 is 2.29 bits per heavy atom. The van der Waals surface area contributed by atoms with Gasteiger partial charge in [0.05, 0.1) is 0 Å². The maximum atomic E-state index is 10.9. The van der Waals surface area contributed by atoms with Gasteiger partial charge in [-0.15, -0.1) is 0 Å². The number of benzene rings is 1. The average molecular weight is 234 g/mol. The maximum absolute atomic E-state index is 10.9. The number of carbonyl (C=O) groups is 1. The second kappa shape index (κ2) is 6.40. The van der Waals surface area contributed by atoms with Crippen LogP contribution >= 0.6 is 0 Å². The molecule has 0 bridgehead atoms. The normalized spacial score (nSPS) is 14.6. The minimum atomic E-state index is -0.263. The van der Waals surface area contributed by atoms with E-state index >= 15 is 0 Å². The highest BCUT2D eigenvalue weighted by Crippen LogP contribution is 2.22. The van der Waals surface area contributed by atoms with Crippen molar-refractivity contribution in [2.75, 3.05) is 0 Å². The smallest absolute Gasteiger partial charge is 0.218 e. The minimum absolute atomic E-state index is 0.0973. The predicted octanol–water partition coefficient (Wildman–Crippen LogP) is 2.24. The van der Waals surface area contributed by atoms with Gasteiger partial charge < -0.3 is 11.1 Å². The van der Waals surface area contributed by atoms with Gasteiger partial charge in [-0.1, -0.05) is 44.2 Å². The molecule has 1 aromatic carbocycles. The van der Waals surface area contributed by atoms with Crippen LogP contribution in [-0.2, 0) is 4.79 Å². The van der Waals surface area contributed by atoms with Crippen molar-refractivity contribution >= 4 is 5.91 Å². The molecular formula is C14H22N2O. The van der Waals surface area contributed by atoms with Crippen LogP contribution in [0.4, 0.5) is 0 Å². The summed E-state index contributed by atoms with van der Waals surface area (Å²) < 4.78 is 0. The Balaban J connectivity index is 2.71. The van der Waals surface area contributed by atoms with Crippen molar-refractivity contribution in [2.45, 2.75) is 39.3 Å². The molecule has 1 amide bonds. The van der Waals surface area contributed by atoms with Gasteiger partial charge in [0.15, 0.2) is 0 Å². The number of carbonyl (C=O) groups excluding carboxylic acids is 1. The van der Waals surface area contributed by atoms with Crippen molar-refractivity contribution in [1.82, 2.24) is 5.32 Å². The second-order valence-corrected chi connectivity index (χ2v) is 4.87. The largest absolute Gasteiger partial charge is 0.370 e. The molecule has 3 nitrogen and oxygen atoms in total. The number of amides is 1. The molecular weight excluding hydrogens is 212 g/mol. The lowest BCUT2D eigenvalue weighted by atomic mass is 9.95. The molecule has 0 saturated carbocycles. The van der Waals surface area contributed by atoms with Crippen LogP contribution in [0.25, 0.3) is 0 Å². The van der Waals surface area contributed by atoms with Gasteiger partial charge in [-0.3, -0.25) is 4.79 Å². The summed E-state index contributed by atoms with van der Waals surface area (Å²) in [5.74, 6) is 0.202. The van der Waals surface area contributed by atoms with Crippen molar-refractivity contribution in [3.63, 3.8) is 0 Å². The first kappa shape index (κ1) is 13.7. The zero-order valence-electron chi connectivity index (χ0n) is 10.8. The Labute approximate surface area is 103 Å². The number of hydrogen-bond acceptors (Lipinski definition) is 2. The molecule has 0 aliphatic carbocycles. The van der Waals surface area contributed by atoms with Gasteiger partial charge in [0.25, 0.3) is 0 Å². The first-order chi connectivity index (χ1) is 8.00. The fourth-order valence-corrected chi connectivity index (χ4v) is 2.00. The molecule has 17 heavy (non-hydrogen) atoms. The topological polar surface area (TPSA) is 55.1 Å². The fourth-order valence-electron chi connectivity index (χ4n) is 2.00. The molecule has 1 aromatic rings. The van der Waals surface area contributed by atoms with Crippen LogP contribution < -0.4 is 11.1 Å². The molecule has 0 saturated heterocycles. The molecule has 0 aliphatic rings. The van der Waals surface area contributed by atoms with E-state index in [0.717, 1.165) is 0 Å². The Morgan fingerprint density at radius 2 is 1.82 bits per heavy atom. The highest BCUT2D eigenvalue weighted by atomic mass is 16.1. The quantitative estimate of drug-likeness (QED) is 0.793. The van der Waals surface area contributed by atoms with Crippen molar-refractivity contribution in [3.8, 4) is 0 Å². The summed E-state index contributed by atoms with van der Waals surface area (Å²) in [6.07, 6.45) is 0.371. The monoisotopic (exact) mass is 234 g/mol. The summed E-state index contributed by atoms with van der Waals surface area (Å²) >= 11 is 0. The zero-order valence-corrected chi connectivity index (χ0v) is 10.8. The minimum Gasteiger partial charge on any atom is -0.370 e. The van der Waals surface area contributed by atoms with Crippen LogP contribution in [0.2, 0.25) is 0 Å². The van der Waals surface area contributed by atoms with E-state index in [2.05, 4.69) is 31.3 Å². The molecule has 0 aromatic heterocycles. The summed E-state index contributed by atoms with van der Waals surface area (Å²) in [6.45, 7) is 6.33. The highest BCUT2D eigenvalue weighted by molar-refractivity contribution is 5.74. The van der Waals surface area contributed by atoms with Gasteiger partial charge in [0.2, 0.25) is 5.91 Å². The molecule has 0 unspecified atom stereocenters. The van der Waals surface area contributed by atoms with Gasteiger partial charge in [-0.25, -0.2) is 0 Å². The van der Waals surface area contributed by atoms with E-state index in [1.165, 1.54) is 5.56 Å². The number of rotatable bonds is 6. The summed E-state index contributed by atoms with van der Waals surface area (Å²) in [5.41, 5.74) is 6.45. The van der Waals surface area contributed by atoms with Gasteiger partial charge in [-0.2, -0.15) is 0 Å². The number of nitrogens with two attached hydrogens (primary N) is 1. The van der Waals surface area contributed by atoms with Crippen molar-refractivity contribution in [3.05, 3.63) is 35.9 Å². The lowest BCUT2D eigenvalue weighted by Gasteiger charge is -2.26. The van der Waals surface area contributed by atoms with Crippen molar-refractivity contribution in [2.24, 2.45) is 11.7 Å². The van der Waals surface area contributed by atoms with E-state index in [1.54, 1.807) is 0 Å². The Kier molecular flexibility index (Phi) is 5.16. The number of nitrogens with one attached hydrogen (secondary N) is 1. The molecule has 94 valence electrons. The van der Waals surface area contributed by atoms with E-state index in [9.17, 15) is 4.79 Å². The molecule has 2 atom stereocenters. The van der Waals surface area contributed by atoms with Gasteiger partial charge in [0.1, 0.15) is 0 Å². The van der Waals surface area contributed by atoms with E-state index in [4.69, 9.17) is 5.73 Å². The molecule has 3 N–H and O–H groups in total. The Morgan fingerprint density at radius 1 is 1.24 bits per heavy atom. The van der Waals surface area contributed by atoms with E-state index < -0.39 is 0 Å². The first-order valence-corrected chi connectivity index (χ1v) is 6.10. The second-order valence-electron chi connectivity index (χ2n) is 4.87. The van der Waals surface area contributed by atoms with E-state index in [1.807, 2.05) is 25.1 Å². The summed E-state index contributed by atoms with van der Waals surface area (Å²) in [7, 11) is 0. The van der Waals surface area contributed by atoms with E-state index in [-0.39, 0.29) is 18.0 Å². The van der Waals surface area contributed by atoms with Crippen LogP contribution in [0, 0.1) is 5.92 Å². The van der Waals surface area contributed by atoms with Gasteiger partial charge >= 0.3 is 0 Å². The summed E-state index contributed by atoms with van der Waals surface area (Å²) in [6, 6.07) is 10.6. The summed E-state index contributed by atoms with van der Waals surface area (Å²) in [5, 5.41) is 3.46. The number of hydrogen-bond donors (Lipinski definition) is 2. The van der Waals surface area contributed by atoms with Crippen molar-refractivity contribution in [1.29, 1.82) is 0 Å². The molecule has 1 rings (SSSR count). The molecule has 0 radical (unpaired) electrons. The lowest BCUT2D eigenvalue weighted by molar-refractivity contribution is -0.118. The Bertz CT molecular complexity index is 348. The third kappa shape index (κ3) is 4.57. The van der Waals surface area contributed by atoms with Crippen LogP contribution in [0.3, 0.4) is 0 Å². The molecule has 0 heterocycles. The van der Waals surface area contributed by atoms with Crippen LogP contribution in [0.15, 0.2) is 30.3 Å². The van der Waals surface area contributed by atoms with Gasteiger partial charge in [-0.05, 0) is 18.4 Å². The van der Waals surface area contributed by atoms with Crippen LogP contribution in [0.1, 0.15) is 38.8 Å². The molecule has 0 aliphatic heterocycles. The average Bonchev–Trinajstić information content (AvgIpc) is 2.25. The van der Waals surface area contributed by atoms with Crippen LogP contribution in [-0.4, -0.2) is 11.9 Å². The first-order valence-electron chi connectivity index (χ1n) is 6.10. The number of primary amides is 1. The van der Waals surface area contributed by atoms with E-state index in [0.29, 0.717) is 12.3 Å². The fraction of sp³-hybridized carbons (Fsp3) is 0.500. The predicted molar refractivity (Wildman–Crippen MR) is 70.4 cm³/mol. The zero-order chi connectivity index (χ0) is 12.8. The molecule has 0 spiro atoms. The maximum Gasteiger partial charge on any atom is 0.218 e. The van der Waals surface area contributed by atoms with Crippen molar-refractivity contribution < 1.29 is 4.79 Å². The summed E-state index contributed by atoms with van der Waals surface area (Å²) in [4.78, 5) is 10.9. The van der Waals surface area contributed by atoms with Gasteiger partial charge in [0, 0.05) is 18.5 Å². The standard InChI is InChI=1S/C14H22N2O/c1-10(2)14(12-7-5-4-6-8-12)16-11(3)9-13(15)17/h4-8,10-11,14,16H,9H2,1-3H3,(H2,15,17)/t11-,14+/m0/s1. The Hall–Kier alpha value is -1.35. The molecule has 3 heteroatoms. The third-order valence-electron chi connectivity index (χ3n) is 2.80.